The molecular weight excluding hydrogens is 382 g/mol. The van der Waals surface area contributed by atoms with Gasteiger partial charge in [0.05, 0.1) is 17.2 Å². The van der Waals surface area contributed by atoms with Crippen molar-refractivity contribution in [3.05, 3.63) is 44.9 Å². The van der Waals surface area contributed by atoms with Gasteiger partial charge in [-0.25, -0.2) is 9.98 Å². The van der Waals surface area contributed by atoms with Crippen molar-refractivity contribution in [3.8, 4) is 5.75 Å². The van der Waals surface area contributed by atoms with Gasteiger partial charge in [0.1, 0.15) is 5.75 Å². The zero-order valence-corrected chi connectivity index (χ0v) is 16.1. The lowest BCUT2D eigenvalue weighted by atomic mass is 10.2. The van der Waals surface area contributed by atoms with Gasteiger partial charge in [0, 0.05) is 35.5 Å². The molecule has 0 radical (unpaired) electrons. The first kappa shape index (κ1) is 20.4. The topological polar surface area (TPSA) is 58.5 Å². The maximum Gasteiger partial charge on any atom is 0.387 e. The van der Waals surface area contributed by atoms with Gasteiger partial charge in [-0.1, -0.05) is 11.6 Å². The number of benzene rings is 1. The van der Waals surface area contributed by atoms with E-state index in [1.165, 1.54) is 12.1 Å². The number of ether oxygens (including phenoxy) is 1. The Labute approximate surface area is 160 Å². The predicted molar refractivity (Wildman–Crippen MR) is 101 cm³/mol. The van der Waals surface area contributed by atoms with Crippen molar-refractivity contribution in [2.75, 3.05) is 13.1 Å². The fourth-order valence-corrected chi connectivity index (χ4v) is 3.06. The van der Waals surface area contributed by atoms with Crippen LogP contribution in [0, 0.1) is 6.92 Å². The summed E-state index contributed by atoms with van der Waals surface area (Å²) < 4.78 is 29.6. The maximum atomic E-state index is 12.5. The molecule has 0 fully saturated rings. The summed E-state index contributed by atoms with van der Waals surface area (Å²) in [6, 6.07) is 4.50. The normalized spacial score (nSPS) is 11.7. The van der Waals surface area contributed by atoms with Crippen LogP contribution in [0.3, 0.4) is 0 Å². The van der Waals surface area contributed by atoms with E-state index < -0.39 is 6.61 Å². The summed E-state index contributed by atoms with van der Waals surface area (Å²) in [5.74, 6) is 0.657. The monoisotopic (exact) mass is 402 g/mol. The fourth-order valence-electron chi connectivity index (χ4n) is 2.22. The number of guanidine groups is 1. The van der Waals surface area contributed by atoms with Crippen LogP contribution >= 0.6 is 22.9 Å². The summed E-state index contributed by atoms with van der Waals surface area (Å²) >= 11 is 7.57. The Morgan fingerprint density at radius 3 is 2.85 bits per heavy atom. The minimum absolute atomic E-state index is 0.0712. The Morgan fingerprint density at radius 2 is 2.19 bits per heavy atom. The van der Waals surface area contributed by atoms with Gasteiger partial charge in [0.25, 0.3) is 0 Å². The van der Waals surface area contributed by atoms with Gasteiger partial charge < -0.3 is 15.4 Å². The van der Waals surface area contributed by atoms with Crippen molar-refractivity contribution in [1.29, 1.82) is 0 Å². The van der Waals surface area contributed by atoms with E-state index in [9.17, 15) is 8.78 Å². The molecule has 2 N–H and O–H groups in total. The molecule has 0 saturated carbocycles. The van der Waals surface area contributed by atoms with E-state index in [4.69, 9.17) is 11.6 Å². The van der Waals surface area contributed by atoms with Crippen molar-refractivity contribution < 1.29 is 13.5 Å². The molecule has 0 saturated heterocycles. The summed E-state index contributed by atoms with van der Waals surface area (Å²) in [7, 11) is 0. The molecule has 2 aromatic rings. The maximum absolute atomic E-state index is 12.5. The molecular formula is C17H21ClF2N4OS. The first-order valence-electron chi connectivity index (χ1n) is 8.14. The minimum atomic E-state index is -2.90. The Hall–Kier alpha value is -1.93. The summed E-state index contributed by atoms with van der Waals surface area (Å²) in [5, 5.41) is 9.83. The molecule has 5 nitrogen and oxygen atoms in total. The van der Waals surface area contributed by atoms with Gasteiger partial charge in [-0.2, -0.15) is 8.78 Å². The number of thiazole rings is 1. The second-order valence-corrected chi connectivity index (χ2v) is 6.86. The van der Waals surface area contributed by atoms with E-state index in [2.05, 4.69) is 25.3 Å². The van der Waals surface area contributed by atoms with Crippen LogP contribution in [0.15, 0.2) is 28.6 Å². The molecule has 0 bridgehead atoms. The first-order chi connectivity index (χ1) is 12.5. The lowest BCUT2D eigenvalue weighted by Crippen LogP contribution is -2.38. The van der Waals surface area contributed by atoms with Crippen LogP contribution in [-0.4, -0.2) is 30.6 Å². The molecule has 1 aromatic heterocycles. The van der Waals surface area contributed by atoms with Gasteiger partial charge >= 0.3 is 6.61 Å². The van der Waals surface area contributed by atoms with Crippen LogP contribution in [0.1, 0.15) is 23.2 Å². The van der Waals surface area contributed by atoms with Crippen molar-refractivity contribution in [1.82, 2.24) is 15.6 Å². The van der Waals surface area contributed by atoms with E-state index in [1.54, 1.807) is 17.4 Å². The van der Waals surface area contributed by atoms with E-state index in [0.29, 0.717) is 29.6 Å². The Morgan fingerprint density at radius 1 is 1.38 bits per heavy atom. The van der Waals surface area contributed by atoms with Gasteiger partial charge in [0.2, 0.25) is 0 Å². The first-order valence-corrected chi connectivity index (χ1v) is 9.40. The van der Waals surface area contributed by atoms with Crippen LogP contribution in [-0.2, 0) is 13.0 Å². The zero-order valence-electron chi connectivity index (χ0n) is 14.6. The summed E-state index contributed by atoms with van der Waals surface area (Å²) in [5.41, 5.74) is 1.52. The van der Waals surface area contributed by atoms with Crippen molar-refractivity contribution in [3.63, 3.8) is 0 Å². The lowest BCUT2D eigenvalue weighted by Gasteiger charge is -2.13. The molecule has 0 aliphatic heterocycles. The summed E-state index contributed by atoms with van der Waals surface area (Å²) in [6.45, 7) is 2.52. The van der Waals surface area contributed by atoms with Crippen LogP contribution in [0.25, 0.3) is 0 Å². The van der Waals surface area contributed by atoms with Crippen LogP contribution < -0.4 is 15.4 Å². The van der Waals surface area contributed by atoms with Gasteiger partial charge in [0.15, 0.2) is 5.96 Å². The molecule has 142 valence electrons. The molecule has 0 atom stereocenters. The third-order valence-electron chi connectivity index (χ3n) is 3.33. The molecule has 1 heterocycles. The Kier molecular flexibility index (Phi) is 8.06. The van der Waals surface area contributed by atoms with E-state index in [1.807, 2.05) is 19.2 Å². The van der Waals surface area contributed by atoms with Crippen LogP contribution in [0.5, 0.6) is 5.75 Å². The Bertz CT molecular complexity index is 739. The van der Waals surface area contributed by atoms with Gasteiger partial charge in [-0.05, 0) is 32.0 Å². The number of aryl methyl sites for hydroxylation is 1. The zero-order chi connectivity index (χ0) is 18.9. The molecule has 0 aliphatic carbocycles. The van der Waals surface area contributed by atoms with Gasteiger partial charge in [-0.3, -0.25) is 0 Å². The van der Waals surface area contributed by atoms with E-state index in [0.717, 1.165) is 17.1 Å². The number of aliphatic imine (C=N–C) groups is 1. The molecule has 26 heavy (non-hydrogen) atoms. The third-order valence-corrected chi connectivity index (χ3v) is 4.39. The fraction of sp³-hybridized carbons (Fsp3) is 0.412. The number of aromatic nitrogens is 1. The largest absolute Gasteiger partial charge is 0.434 e. The van der Waals surface area contributed by atoms with E-state index >= 15 is 0 Å². The Balaban J connectivity index is 2.00. The number of nitrogens with one attached hydrogen (secondary N) is 2. The number of nitrogens with zero attached hydrogens (tertiary/aromatic N) is 2. The second-order valence-electron chi connectivity index (χ2n) is 5.36. The average Bonchev–Trinajstić information content (AvgIpc) is 2.99. The highest BCUT2D eigenvalue weighted by molar-refractivity contribution is 7.09. The number of hydrogen-bond donors (Lipinski definition) is 2. The lowest BCUT2D eigenvalue weighted by molar-refractivity contribution is -0.0504. The smallest absolute Gasteiger partial charge is 0.387 e. The summed E-state index contributed by atoms with van der Waals surface area (Å²) in [6.07, 6.45) is 0.770. The molecule has 9 heteroatoms. The number of rotatable bonds is 8. The molecule has 0 spiro atoms. The van der Waals surface area contributed by atoms with Crippen LogP contribution in [0.2, 0.25) is 5.02 Å². The second kappa shape index (κ2) is 10.3. The molecule has 0 unspecified atom stereocenters. The highest BCUT2D eigenvalue weighted by Gasteiger charge is 2.10. The highest BCUT2D eigenvalue weighted by Crippen LogP contribution is 2.25. The third kappa shape index (κ3) is 6.76. The quantitative estimate of drug-likeness (QED) is 0.517. The molecule has 0 amide bonds. The predicted octanol–water partition coefficient (Wildman–Crippen LogP) is 4.00. The van der Waals surface area contributed by atoms with Gasteiger partial charge in [-0.15, -0.1) is 11.3 Å². The number of halogens is 3. The molecule has 2 rings (SSSR count). The van der Waals surface area contributed by atoms with Crippen molar-refractivity contribution >= 4 is 28.9 Å². The van der Waals surface area contributed by atoms with Crippen LogP contribution in [0.4, 0.5) is 8.78 Å². The minimum Gasteiger partial charge on any atom is -0.434 e. The number of alkyl halides is 2. The SMILES string of the molecule is CCNC(=NCc1cc(Cl)ccc1OC(F)F)NCCc1csc(C)n1. The van der Waals surface area contributed by atoms with Crippen molar-refractivity contribution in [2.24, 2.45) is 4.99 Å². The molecule has 1 aromatic carbocycles. The highest BCUT2D eigenvalue weighted by atomic mass is 35.5. The van der Waals surface area contributed by atoms with Crippen molar-refractivity contribution in [2.45, 2.75) is 33.4 Å². The van der Waals surface area contributed by atoms with E-state index in [-0.39, 0.29) is 12.3 Å². The summed E-state index contributed by atoms with van der Waals surface area (Å²) in [4.78, 5) is 8.83. The average molecular weight is 403 g/mol. The molecule has 0 aliphatic rings. The standard InChI is InChI=1S/C17H21ClF2N4OS/c1-3-21-17(22-7-6-14-10-26-11(2)24-14)23-9-12-8-13(18)4-5-15(12)25-16(19)20/h4-5,8,10,16H,3,6-7,9H2,1-2H3,(H2,21,22,23). The number of hydrogen-bond acceptors (Lipinski definition) is 4.